The summed E-state index contributed by atoms with van der Waals surface area (Å²) in [6.07, 6.45) is -1.97. The van der Waals surface area contributed by atoms with Crippen molar-refractivity contribution in [3.05, 3.63) is 71.9 Å². The van der Waals surface area contributed by atoms with E-state index in [9.17, 15) is 13.2 Å². The second kappa shape index (κ2) is 9.24. The predicted octanol–water partition coefficient (Wildman–Crippen LogP) is 4.63. The maximum atomic E-state index is 13.2. The van der Waals surface area contributed by atoms with Crippen LogP contribution in [0.5, 0.6) is 0 Å². The molecule has 1 aliphatic rings. The number of fused-ring (bicyclic) bond motifs is 1. The van der Waals surface area contributed by atoms with E-state index in [0.29, 0.717) is 5.52 Å². The summed E-state index contributed by atoms with van der Waals surface area (Å²) in [4.78, 5) is 8.77. The number of aromatic nitrogens is 1. The third-order valence-corrected chi connectivity index (χ3v) is 5.86. The Morgan fingerprint density at radius 2 is 1.81 bits per heavy atom. The summed E-state index contributed by atoms with van der Waals surface area (Å²) in [6, 6.07) is 16.1. The van der Waals surface area contributed by atoms with E-state index in [0.717, 1.165) is 62.5 Å². The largest absolute Gasteiger partial charge is 0.416 e. The predicted molar refractivity (Wildman–Crippen MR) is 116 cm³/mol. The zero-order chi connectivity index (χ0) is 21.8. The van der Waals surface area contributed by atoms with Gasteiger partial charge in [-0.1, -0.05) is 36.4 Å². The monoisotopic (exact) mass is 429 g/mol. The fraction of sp³-hybridized carbons (Fsp3) is 0.375. The highest BCUT2D eigenvalue weighted by molar-refractivity contribution is 5.92. The van der Waals surface area contributed by atoms with Gasteiger partial charge in [0.25, 0.3) is 0 Å². The van der Waals surface area contributed by atoms with Crippen molar-refractivity contribution in [2.24, 2.45) is 0 Å². The lowest BCUT2D eigenvalue weighted by Crippen LogP contribution is -2.47. The zero-order valence-electron chi connectivity index (χ0n) is 17.5. The molecule has 0 aliphatic carbocycles. The van der Waals surface area contributed by atoms with Gasteiger partial charge in [0.15, 0.2) is 0 Å². The van der Waals surface area contributed by atoms with Gasteiger partial charge in [-0.05, 0) is 30.2 Å². The van der Waals surface area contributed by atoms with Gasteiger partial charge in [0.05, 0.1) is 24.3 Å². The Morgan fingerprint density at radius 1 is 1.06 bits per heavy atom. The Kier molecular flexibility index (Phi) is 6.43. The maximum absolute atomic E-state index is 13.2. The average molecular weight is 429 g/mol. The van der Waals surface area contributed by atoms with Gasteiger partial charge in [-0.2, -0.15) is 13.2 Å². The molecule has 0 bridgehead atoms. The van der Waals surface area contributed by atoms with Crippen molar-refractivity contribution in [1.82, 2.24) is 9.88 Å². The van der Waals surface area contributed by atoms with E-state index < -0.39 is 11.7 Å². The molecule has 3 aromatic rings. The maximum Gasteiger partial charge on any atom is 0.416 e. The van der Waals surface area contributed by atoms with E-state index >= 15 is 0 Å². The minimum absolute atomic E-state index is 0.147. The molecule has 1 atom stereocenters. The van der Waals surface area contributed by atoms with E-state index in [1.807, 2.05) is 31.3 Å². The summed E-state index contributed by atoms with van der Waals surface area (Å²) in [7, 11) is 2.01. The van der Waals surface area contributed by atoms with Gasteiger partial charge in [-0.15, -0.1) is 0 Å². The SMILES string of the molecule is CN(c1ccnc2cc(C(F)(F)F)ccc12)C(Cc1ccccc1)CN1CCOCC1. The fourth-order valence-corrected chi connectivity index (χ4v) is 4.11. The van der Waals surface area contributed by atoms with Crippen molar-refractivity contribution in [2.75, 3.05) is 44.8 Å². The van der Waals surface area contributed by atoms with E-state index in [2.05, 4.69) is 26.9 Å². The van der Waals surface area contributed by atoms with Crippen LogP contribution in [0, 0.1) is 0 Å². The Morgan fingerprint density at radius 3 is 2.52 bits per heavy atom. The molecule has 1 saturated heterocycles. The second-order valence-corrected chi connectivity index (χ2v) is 7.93. The van der Waals surface area contributed by atoms with Crippen molar-refractivity contribution in [3.8, 4) is 0 Å². The number of pyridine rings is 1. The molecule has 0 N–H and O–H groups in total. The highest BCUT2D eigenvalue weighted by Crippen LogP contribution is 2.34. The second-order valence-electron chi connectivity index (χ2n) is 7.93. The first-order valence-electron chi connectivity index (χ1n) is 10.4. The van der Waals surface area contributed by atoms with Gasteiger partial charge >= 0.3 is 6.18 Å². The van der Waals surface area contributed by atoms with Crippen molar-refractivity contribution < 1.29 is 17.9 Å². The van der Waals surface area contributed by atoms with Crippen LogP contribution >= 0.6 is 0 Å². The van der Waals surface area contributed by atoms with Crippen LogP contribution in [-0.2, 0) is 17.3 Å². The van der Waals surface area contributed by atoms with Gasteiger partial charge < -0.3 is 9.64 Å². The lowest BCUT2D eigenvalue weighted by molar-refractivity contribution is -0.137. The van der Waals surface area contributed by atoms with Crippen molar-refractivity contribution in [1.29, 1.82) is 0 Å². The molecule has 0 saturated carbocycles. The van der Waals surface area contributed by atoms with E-state index in [1.165, 1.54) is 11.6 Å². The number of morpholine rings is 1. The number of nitrogens with zero attached hydrogens (tertiary/aromatic N) is 3. The first kappa shape index (κ1) is 21.6. The minimum atomic E-state index is -4.38. The molecule has 4 rings (SSSR count). The van der Waals surface area contributed by atoms with Crippen LogP contribution in [0.25, 0.3) is 10.9 Å². The summed E-state index contributed by atoms with van der Waals surface area (Å²) in [6.45, 7) is 4.05. The lowest BCUT2D eigenvalue weighted by Gasteiger charge is -2.36. The van der Waals surface area contributed by atoms with Crippen LogP contribution in [0.2, 0.25) is 0 Å². The van der Waals surface area contributed by atoms with Crippen LogP contribution in [-0.4, -0.2) is 55.8 Å². The van der Waals surface area contributed by atoms with Gasteiger partial charge in [0, 0.05) is 50.0 Å². The van der Waals surface area contributed by atoms with Gasteiger partial charge in [0.1, 0.15) is 0 Å². The lowest BCUT2D eigenvalue weighted by atomic mass is 10.0. The highest BCUT2D eigenvalue weighted by Gasteiger charge is 2.31. The van der Waals surface area contributed by atoms with Gasteiger partial charge in [-0.3, -0.25) is 9.88 Å². The first-order valence-corrected chi connectivity index (χ1v) is 10.4. The molecular weight excluding hydrogens is 403 g/mol. The molecule has 0 radical (unpaired) electrons. The molecule has 1 fully saturated rings. The van der Waals surface area contributed by atoms with Crippen LogP contribution in [0.15, 0.2) is 60.8 Å². The van der Waals surface area contributed by atoms with Crippen LogP contribution in [0.1, 0.15) is 11.1 Å². The average Bonchev–Trinajstić information content (AvgIpc) is 2.78. The van der Waals surface area contributed by atoms with E-state index in [4.69, 9.17) is 4.74 Å². The summed E-state index contributed by atoms with van der Waals surface area (Å²) in [5, 5.41) is 0.720. The Bertz CT molecular complexity index is 1000. The Balaban J connectivity index is 1.66. The van der Waals surface area contributed by atoms with Crippen molar-refractivity contribution in [3.63, 3.8) is 0 Å². The number of halogens is 3. The third-order valence-electron chi connectivity index (χ3n) is 5.86. The molecule has 1 aromatic heterocycles. The number of hydrogen-bond donors (Lipinski definition) is 0. The Labute approximate surface area is 180 Å². The molecule has 31 heavy (non-hydrogen) atoms. The summed E-state index contributed by atoms with van der Waals surface area (Å²) in [5.41, 5.74) is 1.78. The standard InChI is InChI=1S/C24H26F3N3O/c1-29(23-9-10-28-22-16-19(24(25,26)27)7-8-21(22)23)20(15-18-5-3-2-4-6-18)17-30-11-13-31-14-12-30/h2-10,16,20H,11-15,17H2,1H3. The van der Waals surface area contributed by atoms with E-state index in [1.54, 1.807) is 6.20 Å². The van der Waals surface area contributed by atoms with E-state index in [-0.39, 0.29) is 6.04 Å². The Hall–Kier alpha value is -2.64. The molecule has 2 aromatic carbocycles. The third kappa shape index (κ3) is 5.17. The topological polar surface area (TPSA) is 28.6 Å². The fourth-order valence-electron chi connectivity index (χ4n) is 4.11. The normalized spacial score (nSPS) is 16.4. The molecule has 164 valence electrons. The number of alkyl halides is 3. The van der Waals surface area contributed by atoms with Gasteiger partial charge in [-0.25, -0.2) is 0 Å². The quantitative estimate of drug-likeness (QED) is 0.571. The van der Waals surface area contributed by atoms with Crippen LogP contribution < -0.4 is 4.90 Å². The molecule has 2 heterocycles. The van der Waals surface area contributed by atoms with Crippen LogP contribution in [0.4, 0.5) is 18.9 Å². The number of ether oxygens (including phenoxy) is 1. The van der Waals surface area contributed by atoms with Crippen molar-refractivity contribution in [2.45, 2.75) is 18.6 Å². The smallest absolute Gasteiger partial charge is 0.379 e. The highest BCUT2D eigenvalue weighted by atomic mass is 19.4. The number of benzene rings is 2. The molecular formula is C24H26F3N3O. The molecule has 1 aliphatic heterocycles. The van der Waals surface area contributed by atoms with Crippen LogP contribution in [0.3, 0.4) is 0 Å². The first-order chi connectivity index (χ1) is 14.9. The number of rotatable bonds is 6. The molecule has 1 unspecified atom stereocenters. The summed E-state index contributed by atoms with van der Waals surface area (Å²) < 4.78 is 44.9. The number of anilines is 1. The number of likely N-dealkylation sites (N-methyl/N-ethyl adjacent to an activating group) is 1. The van der Waals surface area contributed by atoms with Crippen molar-refractivity contribution >= 4 is 16.6 Å². The molecule has 0 amide bonds. The zero-order valence-corrected chi connectivity index (χ0v) is 17.5. The summed E-state index contributed by atoms with van der Waals surface area (Å²) >= 11 is 0. The molecule has 0 spiro atoms. The molecule has 4 nitrogen and oxygen atoms in total. The summed E-state index contributed by atoms with van der Waals surface area (Å²) in [5.74, 6) is 0. The molecule has 7 heteroatoms. The minimum Gasteiger partial charge on any atom is -0.379 e. The van der Waals surface area contributed by atoms with Gasteiger partial charge in [0.2, 0.25) is 0 Å². The number of hydrogen-bond acceptors (Lipinski definition) is 4.